The zero-order chi connectivity index (χ0) is 16.5. The van der Waals surface area contributed by atoms with Crippen LogP contribution in [0.2, 0.25) is 28.2 Å². The zero-order valence-corrected chi connectivity index (χ0v) is 17.7. The molecule has 116 valence electrons. The van der Waals surface area contributed by atoms with Gasteiger partial charge in [-0.25, -0.2) is 0 Å². The normalized spacial score (nSPS) is 14.2. The van der Waals surface area contributed by atoms with Gasteiger partial charge < -0.3 is 0 Å². The summed E-state index contributed by atoms with van der Waals surface area (Å²) in [5, 5.41) is 0. The molecule has 0 fully saturated rings. The highest BCUT2D eigenvalue weighted by molar-refractivity contribution is 7.00. The van der Waals surface area contributed by atoms with E-state index in [0.29, 0.717) is 8.55 Å². The second-order valence-electron chi connectivity index (χ2n) is 9.43. The molecule has 0 aliphatic rings. The van der Waals surface area contributed by atoms with E-state index in [9.17, 15) is 0 Å². The van der Waals surface area contributed by atoms with Crippen molar-refractivity contribution in [2.24, 2.45) is 0 Å². The van der Waals surface area contributed by atoms with Crippen molar-refractivity contribution in [2.75, 3.05) is 0 Å². The molecule has 0 saturated heterocycles. The highest BCUT2D eigenvalue weighted by atomic mass is 28.3. The third kappa shape index (κ3) is 5.44. The Morgan fingerprint density at radius 3 is 1.62 bits per heavy atom. The molecule has 0 radical (unpaired) electrons. The Kier molecular flexibility index (Phi) is 5.76. The Labute approximate surface area is 138 Å². The number of hydrogen-bond donors (Lipinski definition) is 0. The average molecular weight is 317 g/mol. The largest absolute Gasteiger partial charge is 0.305 e. The molecule has 0 aliphatic heterocycles. The maximum absolute atomic E-state index is 2.54. The van der Waals surface area contributed by atoms with Crippen molar-refractivity contribution in [3.63, 3.8) is 0 Å². The van der Waals surface area contributed by atoms with E-state index < -0.39 is 22.2 Å². The summed E-state index contributed by atoms with van der Waals surface area (Å²) in [6.07, 6.45) is 2.54. The fourth-order valence-corrected chi connectivity index (χ4v) is 15.2. The topological polar surface area (TPSA) is 0 Å². The average Bonchev–Trinajstić information content (AvgIpc) is 2.24. The van der Waals surface area contributed by atoms with Crippen LogP contribution in [0.15, 0.2) is 34.4 Å². The standard InChI is InChI=1S/C11H15Si.2C4H9.Al/c1-12(2,3)10-9-11-7-5-4-6-8-11;2*1-4(2)3;/h4-9H,1-3H3;2*1-3H3;. The molecule has 0 atom stereocenters. The lowest BCUT2D eigenvalue weighted by atomic mass is 10.2. The van der Waals surface area contributed by atoms with Crippen molar-refractivity contribution in [1.29, 1.82) is 0 Å². The fourth-order valence-electron chi connectivity index (χ4n) is 3.69. The molecule has 0 aromatic heterocycles. The predicted octanol–water partition coefficient (Wildman–Crippen LogP) is 6.58. The van der Waals surface area contributed by atoms with Crippen LogP contribution in [0.4, 0.5) is 0 Å². The van der Waals surface area contributed by atoms with E-state index in [2.05, 4.69) is 97.6 Å². The summed E-state index contributed by atoms with van der Waals surface area (Å²) in [4.78, 5) is 0. The van der Waals surface area contributed by atoms with Crippen molar-refractivity contribution >= 4 is 28.3 Å². The molecule has 21 heavy (non-hydrogen) atoms. The molecule has 1 aromatic rings. The van der Waals surface area contributed by atoms with Crippen molar-refractivity contribution in [1.82, 2.24) is 0 Å². The van der Waals surface area contributed by atoms with Crippen LogP contribution in [0.3, 0.4) is 0 Å². The van der Waals surface area contributed by atoms with Crippen LogP contribution in [-0.2, 0) is 0 Å². The number of benzene rings is 1. The molecule has 0 spiro atoms. The Morgan fingerprint density at radius 1 is 0.857 bits per heavy atom. The minimum Gasteiger partial charge on any atom is -0.138 e. The van der Waals surface area contributed by atoms with Crippen molar-refractivity contribution in [3.05, 3.63) is 40.0 Å². The van der Waals surface area contributed by atoms with Crippen LogP contribution in [0.25, 0.3) is 6.08 Å². The second kappa shape index (κ2) is 6.45. The molecular weight excluding hydrogens is 283 g/mol. The van der Waals surface area contributed by atoms with Crippen molar-refractivity contribution in [3.8, 4) is 0 Å². The smallest absolute Gasteiger partial charge is 0.138 e. The van der Waals surface area contributed by atoms with Crippen LogP contribution in [0, 0.1) is 0 Å². The van der Waals surface area contributed by atoms with Gasteiger partial charge in [-0.15, -0.1) is 4.06 Å². The molecule has 0 saturated carbocycles. The molecule has 0 N–H and O–H groups in total. The Morgan fingerprint density at radius 2 is 1.29 bits per heavy atom. The van der Waals surface area contributed by atoms with E-state index in [-0.39, 0.29) is 0 Å². The summed E-state index contributed by atoms with van der Waals surface area (Å²) in [5.41, 5.74) is 1.38. The first-order chi connectivity index (χ1) is 9.33. The van der Waals surface area contributed by atoms with Gasteiger partial charge in [-0.05, 0) is 5.56 Å². The number of hydrogen-bond acceptors (Lipinski definition) is 0. The summed E-state index contributed by atoms with van der Waals surface area (Å²) in [7, 11) is -1.33. The highest BCUT2D eigenvalue weighted by Gasteiger charge is 2.46. The zero-order valence-electron chi connectivity index (χ0n) is 15.5. The molecule has 1 rings (SSSR count). The van der Waals surface area contributed by atoms with Gasteiger partial charge in [0, 0.05) is 0 Å². The van der Waals surface area contributed by atoms with Gasteiger partial charge in [-0.2, -0.15) is 0 Å². The van der Waals surface area contributed by atoms with Gasteiger partial charge in [-0.1, -0.05) is 106 Å². The van der Waals surface area contributed by atoms with E-state index in [4.69, 9.17) is 0 Å². The fraction of sp³-hybridized carbons (Fsp3) is 0.579. The summed E-state index contributed by atoms with van der Waals surface area (Å²) < 4.78 is 2.66. The third-order valence-corrected chi connectivity index (χ3v) is 13.6. The first-order valence-corrected chi connectivity index (χ1v) is 13.3. The highest BCUT2D eigenvalue weighted by Crippen LogP contribution is 2.47. The van der Waals surface area contributed by atoms with Gasteiger partial charge in [0.1, 0.15) is 0 Å². The van der Waals surface area contributed by atoms with Crippen LogP contribution in [0.5, 0.6) is 0 Å². The number of rotatable bonds is 3. The molecule has 0 nitrogen and oxygen atoms in total. The predicted molar refractivity (Wildman–Crippen MR) is 103 cm³/mol. The Balaban J connectivity index is 3.47. The van der Waals surface area contributed by atoms with E-state index in [0.717, 1.165) is 0 Å². The van der Waals surface area contributed by atoms with E-state index in [1.807, 2.05) is 4.06 Å². The monoisotopic (exact) mass is 316 g/mol. The van der Waals surface area contributed by atoms with Crippen LogP contribution < -0.4 is 0 Å². The lowest BCUT2D eigenvalue weighted by molar-refractivity contribution is 0.651. The summed E-state index contributed by atoms with van der Waals surface area (Å²) in [6, 6.07) is 10.9. The first kappa shape index (κ1) is 18.8. The van der Waals surface area contributed by atoms with Gasteiger partial charge in [0.2, 0.25) is 0 Å². The van der Waals surface area contributed by atoms with Gasteiger partial charge in [0.05, 0.1) is 8.07 Å². The van der Waals surface area contributed by atoms with Crippen molar-refractivity contribution < 1.29 is 0 Å². The van der Waals surface area contributed by atoms with E-state index >= 15 is 0 Å². The maximum Gasteiger partial charge on any atom is 0.305 e. The lowest BCUT2D eigenvalue weighted by Gasteiger charge is -2.42. The molecule has 0 aliphatic carbocycles. The van der Waals surface area contributed by atoms with Gasteiger partial charge in [0.25, 0.3) is 0 Å². The lowest BCUT2D eigenvalue weighted by Crippen LogP contribution is -2.45. The summed E-state index contributed by atoms with van der Waals surface area (Å²) in [5.74, 6) is 0. The minimum atomic E-state index is -1.33. The van der Waals surface area contributed by atoms with E-state index in [1.54, 1.807) is 0 Å². The third-order valence-electron chi connectivity index (χ3n) is 4.03. The maximum atomic E-state index is 2.54. The van der Waals surface area contributed by atoms with Crippen LogP contribution in [0.1, 0.15) is 47.1 Å². The van der Waals surface area contributed by atoms with Crippen LogP contribution in [-0.4, -0.2) is 22.2 Å². The Hall–Kier alpha value is -0.291. The molecule has 0 heterocycles. The molecule has 0 bridgehead atoms. The molecule has 0 unspecified atom stereocenters. The SMILES string of the molecule is C[C](C)(C)[Al](/[C](=C/c1ccccc1)[Si](C)(C)C)[C](C)(C)C. The molecular formula is C19H33AlSi. The minimum absolute atomic E-state index is 0.416. The van der Waals surface area contributed by atoms with Gasteiger partial charge in [0.15, 0.2) is 0 Å². The van der Waals surface area contributed by atoms with E-state index in [1.165, 1.54) is 5.56 Å². The van der Waals surface area contributed by atoms with Crippen molar-refractivity contribution in [2.45, 2.75) is 69.7 Å². The Bertz CT molecular complexity index is 467. The summed E-state index contributed by atoms with van der Waals surface area (Å²) in [6.45, 7) is 22.3. The second-order valence-corrected chi connectivity index (χ2v) is 20.0. The molecule has 2 heteroatoms. The quantitative estimate of drug-likeness (QED) is 0.552. The van der Waals surface area contributed by atoms with Gasteiger partial charge >= 0.3 is 14.1 Å². The van der Waals surface area contributed by atoms with Crippen LogP contribution >= 0.6 is 0 Å². The summed E-state index contributed by atoms with van der Waals surface area (Å²) >= 11 is -1.10. The van der Waals surface area contributed by atoms with Gasteiger partial charge in [-0.3, -0.25) is 0 Å². The first-order valence-electron chi connectivity index (χ1n) is 8.10. The molecule has 1 aromatic carbocycles. The molecule has 0 amide bonds.